The van der Waals surface area contributed by atoms with E-state index in [1.165, 1.54) is 15.9 Å². The molecule has 0 aliphatic heterocycles. The number of amides is 1. The van der Waals surface area contributed by atoms with Crippen LogP contribution in [0.25, 0.3) is 0 Å². The molecule has 1 aliphatic carbocycles. The largest absolute Gasteiger partial charge is 0.462 e. The van der Waals surface area contributed by atoms with Crippen molar-refractivity contribution in [1.82, 2.24) is 5.32 Å². The van der Waals surface area contributed by atoms with Crippen LogP contribution in [0.15, 0.2) is 121 Å². The predicted octanol–water partition coefficient (Wildman–Crippen LogP) is 7.25. The Morgan fingerprint density at radius 2 is 1.36 bits per heavy atom. The van der Waals surface area contributed by atoms with E-state index in [2.05, 4.69) is 98.9 Å². The molecule has 0 spiro atoms. The topological polar surface area (TPSA) is 64.6 Å². The van der Waals surface area contributed by atoms with Gasteiger partial charge >= 0.3 is 5.97 Å². The zero-order chi connectivity index (χ0) is 33.1. The summed E-state index contributed by atoms with van der Waals surface area (Å²) in [6, 6.07) is 40.7. The minimum absolute atomic E-state index is 0.000161. The molecule has 4 aromatic carbocycles. The molecular formula is C40H47NO4SSi. The van der Waals surface area contributed by atoms with Gasteiger partial charge in [0.1, 0.15) is 0 Å². The molecule has 7 heteroatoms. The first-order valence-electron chi connectivity index (χ1n) is 16.7. The molecule has 5 nitrogen and oxygen atoms in total. The Balaban J connectivity index is 1.36. The third kappa shape index (κ3) is 8.83. The van der Waals surface area contributed by atoms with Crippen LogP contribution >= 0.6 is 11.8 Å². The fourth-order valence-corrected chi connectivity index (χ4v) is 12.2. The van der Waals surface area contributed by atoms with Gasteiger partial charge in [-0.1, -0.05) is 130 Å². The van der Waals surface area contributed by atoms with Crippen molar-refractivity contribution < 1.29 is 18.8 Å². The normalized spacial score (nSPS) is 16.9. The van der Waals surface area contributed by atoms with Crippen LogP contribution in [0.5, 0.6) is 0 Å². The van der Waals surface area contributed by atoms with Gasteiger partial charge in [-0.2, -0.15) is 11.8 Å². The molecule has 1 aliphatic rings. The Kier molecular flexibility index (Phi) is 12.1. The van der Waals surface area contributed by atoms with Gasteiger partial charge in [0.15, 0.2) is 0 Å². The van der Waals surface area contributed by atoms with Crippen LogP contribution in [0, 0.1) is 11.8 Å². The fourth-order valence-electron chi connectivity index (χ4n) is 6.61. The number of thioether (sulfide) groups is 1. The lowest BCUT2D eigenvalue weighted by Crippen LogP contribution is -2.68. The Morgan fingerprint density at radius 3 is 1.89 bits per heavy atom. The predicted molar refractivity (Wildman–Crippen MR) is 196 cm³/mol. The number of hydrogen-bond acceptors (Lipinski definition) is 5. The summed E-state index contributed by atoms with van der Waals surface area (Å²) in [5, 5.41) is 5.33. The van der Waals surface area contributed by atoms with Crippen LogP contribution in [0.3, 0.4) is 0 Å². The molecule has 3 atom stereocenters. The molecule has 0 heterocycles. The zero-order valence-corrected chi connectivity index (χ0v) is 29.6. The second-order valence-electron chi connectivity index (χ2n) is 13.4. The molecule has 0 bridgehead atoms. The lowest BCUT2D eigenvalue weighted by atomic mass is 9.70. The maximum atomic E-state index is 13.6. The summed E-state index contributed by atoms with van der Waals surface area (Å²) in [5.41, 5.74) is 1.83. The molecule has 246 valence electrons. The maximum Gasteiger partial charge on any atom is 0.338 e. The zero-order valence-electron chi connectivity index (χ0n) is 27.8. The molecule has 1 amide bonds. The van der Waals surface area contributed by atoms with E-state index < -0.39 is 8.32 Å². The Morgan fingerprint density at radius 1 is 0.809 bits per heavy atom. The average molecular weight is 666 g/mol. The Hall–Kier alpha value is -3.65. The molecule has 5 rings (SSSR count). The number of benzene rings is 4. The van der Waals surface area contributed by atoms with Crippen LogP contribution in [-0.4, -0.2) is 45.2 Å². The van der Waals surface area contributed by atoms with Gasteiger partial charge in [-0.05, 0) is 57.8 Å². The van der Waals surface area contributed by atoms with Crippen molar-refractivity contribution >= 4 is 42.3 Å². The first-order chi connectivity index (χ1) is 22.8. The Labute approximate surface area is 285 Å². The molecule has 0 aromatic heterocycles. The quantitative estimate of drug-likeness (QED) is 0.0824. The summed E-state index contributed by atoms with van der Waals surface area (Å²) < 4.78 is 13.4. The number of esters is 1. The SMILES string of the molecule is CC(C)(C)[Si](O[C@@H](CC(=O)NCCSCc1ccccc1)[C@@H]1CC[C@H]1COC(=O)c1ccccc1)(c1ccccc1)c1ccccc1. The molecule has 0 unspecified atom stereocenters. The summed E-state index contributed by atoms with van der Waals surface area (Å²) in [4.78, 5) is 26.5. The molecule has 1 fully saturated rings. The highest BCUT2D eigenvalue weighted by Gasteiger charge is 2.53. The van der Waals surface area contributed by atoms with Gasteiger partial charge in [0.05, 0.1) is 24.7 Å². The highest BCUT2D eigenvalue weighted by atomic mass is 32.2. The monoisotopic (exact) mass is 665 g/mol. The number of hydrogen-bond donors (Lipinski definition) is 1. The maximum absolute atomic E-state index is 13.6. The molecule has 47 heavy (non-hydrogen) atoms. The minimum Gasteiger partial charge on any atom is -0.462 e. The summed E-state index contributed by atoms with van der Waals surface area (Å²) >= 11 is 1.82. The van der Waals surface area contributed by atoms with Crippen molar-refractivity contribution in [2.75, 3.05) is 18.9 Å². The third-order valence-electron chi connectivity index (χ3n) is 9.20. The molecular weight excluding hydrogens is 619 g/mol. The summed E-state index contributed by atoms with van der Waals surface area (Å²) in [6.45, 7) is 7.71. The molecule has 0 radical (unpaired) electrons. The summed E-state index contributed by atoms with van der Waals surface area (Å²) in [6.07, 6.45) is 1.80. The molecule has 4 aromatic rings. The van der Waals surface area contributed by atoms with E-state index in [1.807, 2.05) is 48.2 Å². The van der Waals surface area contributed by atoms with E-state index in [0.29, 0.717) is 18.7 Å². The van der Waals surface area contributed by atoms with E-state index in [9.17, 15) is 9.59 Å². The second-order valence-corrected chi connectivity index (χ2v) is 18.7. The summed E-state index contributed by atoms with van der Waals surface area (Å²) in [7, 11) is -2.92. The Bertz CT molecular complexity index is 1510. The van der Waals surface area contributed by atoms with Crippen molar-refractivity contribution in [2.24, 2.45) is 11.8 Å². The van der Waals surface area contributed by atoms with Crippen LogP contribution in [-0.2, 0) is 19.7 Å². The standard InChI is InChI=1S/C40H47NO4SSi/c1-40(2,3)47(34-20-12-6-13-21-34,35-22-14-7-15-23-35)45-37(28-38(42)41-26-27-46-30-31-16-8-4-9-17-31)36-25-24-33(36)29-44-39(43)32-18-10-5-11-19-32/h4-23,33,36-37H,24-30H2,1-3H3,(H,41,42)/t33-,36+,37-/m0/s1. The van der Waals surface area contributed by atoms with Crippen molar-refractivity contribution in [3.8, 4) is 0 Å². The van der Waals surface area contributed by atoms with Gasteiger partial charge in [-0.3, -0.25) is 4.79 Å². The number of carbonyl (C=O) groups is 2. The highest BCUT2D eigenvalue weighted by molar-refractivity contribution is 7.98. The van der Waals surface area contributed by atoms with Crippen molar-refractivity contribution in [1.29, 1.82) is 0 Å². The van der Waals surface area contributed by atoms with Crippen molar-refractivity contribution in [2.45, 2.75) is 56.9 Å². The van der Waals surface area contributed by atoms with Crippen LogP contribution in [0.1, 0.15) is 56.0 Å². The van der Waals surface area contributed by atoms with E-state index >= 15 is 0 Å². The van der Waals surface area contributed by atoms with Gasteiger partial charge < -0.3 is 14.5 Å². The lowest BCUT2D eigenvalue weighted by Gasteiger charge is -2.49. The van der Waals surface area contributed by atoms with Crippen LogP contribution < -0.4 is 15.7 Å². The average Bonchev–Trinajstić information content (AvgIpc) is 3.07. The van der Waals surface area contributed by atoms with E-state index in [4.69, 9.17) is 9.16 Å². The van der Waals surface area contributed by atoms with Crippen LogP contribution in [0.4, 0.5) is 0 Å². The lowest BCUT2D eigenvalue weighted by molar-refractivity contribution is -0.124. The molecule has 0 saturated heterocycles. The first kappa shape index (κ1) is 34.7. The van der Waals surface area contributed by atoms with Gasteiger partial charge in [0.25, 0.3) is 8.32 Å². The summed E-state index contributed by atoms with van der Waals surface area (Å²) in [5.74, 6) is 1.66. The van der Waals surface area contributed by atoms with Crippen molar-refractivity contribution in [3.05, 3.63) is 132 Å². The highest BCUT2D eigenvalue weighted by Crippen LogP contribution is 2.44. The van der Waals surface area contributed by atoms with E-state index in [-0.39, 0.29) is 41.3 Å². The van der Waals surface area contributed by atoms with Gasteiger partial charge in [-0.15, -0.1) is 0 Å². The number of ether oxygens (including phenoxy) is 1. The smallest absolute Gasteiger partial charge is 0.338 e. The third-order valence-corrected chi connectivity index (χ3v) is 15.3. The number of rotatable bonds is 15. The number of carbonyl (C=O) groups excluding carboxylic acids is 2. The second kappa shape index (κ2) is 16.4. The van der Waals surface area contributed by atoms with Gasteiger partial charge in [0.2, 0.25) is 5.91 Å². The fraction of sp³-hybridized carbons (Fsp3) is 0.350. The van der Waals surface area contributed by atoms with Gasteiger partial charge in [-0.25, -0.2) is 4.79 Å². The molecule has 1 N–H and O–H groups in total. The van der Waals surface area contributed by atoms with Gasteiger partial charge in [0, 0.05) is 18.1 Å². The minimum atomic E-state index is -2.92. The van der Waals surface area contributed by atoms with E-state index in [1.54, 1.807) is 12.1 Å². The van der Waals surface area contributed by atoms with Crippen LogP contribution in [0.2, 0.25) is 5.04 Å². The van der Waals surface area contributed by atoms with Crippen molar-refractivity contribution in [3.63, 3.8) is 0 Å². The molecule has 1 saturated carbocycles. The number of nitrogens with one attached hydrogen (secondary N) is 1. The van der Waals surface area contributed by atoms with E-state index in [0.717, 1.165) is 24.3 Å². The first-order valence-corrected chi connectivity index (χ1v) is 19.7.